The van der Waals surface area contributed by atoms with Gasteiger partial charge in [0, 0.05) is 11.1 Å². The number of amides is 1. The van der Waals surface area contributed by atoms with Crippen molar-refractivity contribution in [2.75, 3.05) is 6.79 Å². The van der Waals surface area contributed by atoms with Crippen LogP contribution in [0.15, 0.2) is 47.6 Å². The van der Waals surface area contributed by atoms with E-state index in [9.17, 15) is 4.79 Å². The minimum absolute atomic E-state index is 0.0398. The van der Waals surface area contributed by atoms with E-state index in [1.165, 1.54) is 0 Å². The molecule has 0 aliphatic carbocycles. The van der Waals surface area contributed by atoms with Gasteiger partial charge in [0.1, 0.15) is 0 Å². The SMILES string of the molecule is CCCC(CCC)N1N=C(c2ccccc2)c2cc3c(cc2CC1=O)OCO3. The average Bonchev–Trinajstić information content (AvgIpc) is 3.10. The molecule has 5 nitrogen and oxygen atoms in total. The molecule has 2 aromatic rings. The standard InChI is InChI=1S/C23H26N2O3/c1-3-8-18(9-4-2)25-22(26)13-17-12-20-21(28-15-27-20)14-19(17)23(24-25)16-10-6-5-7-11-16/h5-7,10-12,14,18H,3-4,8-9,13,15H2,1-2H3. The molecular weight excluding hydrogens is 352 g/mol. The fraction of sp³-hybridized carbons (Fsp3) is 0.391. The lowest BCUT2D eigenvalue weighted by Gasteiger charge is -2.27. The van der Waals surface area contributed by atoms with Crippen LogP contribution in [0.3, 0.4) is 0 Å². The average molecular weight is 378 g/mol. The lowest BCUT2D eigenvalue weighted by atomic mass is 9.95. The predicted molar refractivity (Wildman–Crippen MR) is 109 cm³/mol. The van der Waals surface area contributed by atoms with E-state index >= 15 is 0 Å². The summed E-state index contributed by atoms with van der Waals surface area (Å²) in [6.45, 7) is 4.52. The summed E-state index contributed by atoms with van der Waals surface area (Å²) in [6.07, 6.45) is 4.26. The van der Waals surface area contributed by atoms with Crippen molar-refractivity contribution in [2.45, 2.75) is 52.0 Å². The number of carbonyl (C=O) groups is 1. The molecule has 0 saturated heterocycles. The Morgan fingerprint density at radius 1 is 1.04 bits per heavy atom. The van der Waals surface area contributed by atoms with E-state index < -0.39 is 0 Å². The van der Waals surface area contributed by atoms with Crippen molar-refractivity contribution in [3.05, 3.63) is 59.2 Å². The molecule has 0 spiro atoms. The van der Waals surface area contributed by atoms with E-state index in [1.54, 1.807) is 5.01 Å². The number of hydrogen-bond acceptors (Lipinski definition) is 4. The van der Waals surface area contributed by atoms with Crippen LogP contribution in [0.4, 0.5) is 0 Å². The Kier molecular flexibility index (Phi) is 5.33. The molecule has 0 aromatic heterocycles. The number of rotatable bonds is 6. The molecule has 2 aromatic carbocycles. The molecule has 0 N–H and O–H groups in total. The fourth-order valence-corrected chi connectivity index (χ4v) is 3.96. The summed E-state index contributed by atoms with van der Waals surface area (Å²) < 4.78 is 11.1. The van der Waals surface area contributed by atoms with E-state index in [1.807, 2.05) is 42.5 Å². The summed E-state index contributed by atoms with van der Waals surface area (Å²) in [5, 5.41) is 6.67. The van der Waals surface area contributed by atoms with E-state index in [-0.39, 0.29) is 18.7 Å². The largest absolute Gasteiger partial charge is 0.454 e. The molecule has 2 heterocycles. The van der Waals surface area contributed by atoms with Crippen LogP contribution < -0.4 is 9.47 Å². The normalized spacial score (nSPS) is 15.5. The molecular formula is C23H26N2O3. The first-order valence-electron chi connectivity index (χ1n) is 10.1. The summed E-state index contributed by atoms with van der Waals surface area (Å²) in [5.41, 5.74) is 3.69. The van der Waals surface area contributed by atoms with Crippen LogP contribution in [0.1, 0.15) is 56.2 Å². The van der Waals surface area contributed by atoms with Crippen molar-refractivity contribution in [1.82, 2.24) is 5.01 Å². The Balaban J connectivity index is 1.85. The van der Waals surface area contributed by atoms with Crippen LogP contribution in [0, 0.1) is 0 Å². The maximum atomic E-state index is 13.2. The van der Waals surface area contributed by atoms with Crippen molar-refractivity contribution < 1.29 is 14.3 Å². The first-order chi connectivity index (χ1) is 13.7. The molecule has 5 heteroatoms. The van der Waals surface area contributed by atoms with Crippen molar-refractivity contribution in [2.24, 2.45) is 5.10 Å². The highest BCUT2D eigenvalue weighted by Gasteiger charge is 2.30. The predicted octanol–water partition coefficient (Wildman–Crippen LogP) is 4.52. The number of nitrogens with zero attached hydrogens (tertiary/aromatic N) is 2. The number of ether oxygens (including phenoxy) is 2. The molecule has 28 heavy (non-hydrogen) atoms. The van der Waals surface area contributed by atoms with Crippen LogP contribution in [0.2, 0.25) is 0 Å². The fourth-order valence-electron chi connectivity index (χ4n) is 3.96. The van der Waals surface area contributed by atoms with Crippen molar-refractivity contribution in [3.8, 4) is 11.5 Å². The lowest BCUT2D eigenvalue weighted by molar-refractivity contribution is -0.133. The highest BCUT2D eigenvalue weighted by atomic mass is 16.7. The summed E-state index contributed by atoms with van der Waals surface area (Å²) in [4.78, 5) is 13.2. The zero-order valence-electron chi connectivity index (χ0n) is 16.5. The maximum Gasteiger partial charge on any atom is 0.247 e. The van der Waals surface area contributed by atoms with Gasteiger partial charge in [-0.2, -0.15) is 5.10 Å². The molecule has 0 atom stereocenters. The highest BCUT2D eigenvalue weighted by Crippen LogP contribution is 2.37. The van der Waals surface area contributed by atoms with Crippen molar-refractivity contribution >= 4 is 11.6 Å². The molecule has 0 unspecified atom stereocenters. The third-order valence-electron chi connectivity index (χ3n) is 5.30. The third kappa shape index (κ3) is 3.49. The molecule has 0 saturated carbocycles. The molecule has 1 amide bonds. The van der Waals surface area contributed by atoms with E-state index in [2.05, 4.69) is 13.8 Å². The Morgan fingerprint density at radius 3 is 2.39 bits per heavy atom. The zero-order chi connectivity index (χ0) is 19.5. The topological polar surface area (TPSA) is 51.1 Å². The van der Waals surface area contributed by atoms with Crippen LogP contribution in [-0.4, -0.2) is 29.5 Å². The van der Waals surface area contributed by atoms with Crippen molar-refractivity contribution in [3.63, 3.8) is 0 Å². The van der Waals surface area contributed by atoms with Gasteiger partial charge in [-0.15, -0.1) is 0 Å². The van der Waals surface area contributed by atoms with Crippen LogP contribution in [0.5, 0.6) is 11.5 Å². The summed E-state index contributed by atoms with van der Waals surface area (Å²) >= 11 is 0. The van der Waals surface area contributed by atoms with E-state index in [4.69, 9.17) is 14.6 Å². The van der Waals surface area contributed by atoms with Crippen LogP contribution in [-0.2, 0) is 11.2 Å². The molecule has 0 radical (unpaired) electrons. The van der Waals surface area contributed by atoms with Gasteiger partial charge >= 0.3 is 0 Å². The molecule has 4 rings (SSSR count). The second kappa shape index (κ2) is 8.05. The first-order valence-corrected chi connectivity index (χ1v) is 10.1. The Hall–Kier alpha value is -2.82. The minimum Gasteiger partial charge on any atom is -0.454 e. The monoisotopic (exact) mass is 378 g/mol. The number of hydrazone groups is 1. The number of carbonyl (C=O) groups excluding carboxylic acids is 1. The second-order valence-electron chi connectivity index (χ2n) is 7.32. The van der Waals surface area contributed by atoms with Gasteiger partial charge in [0.05, 0.1) is 18.2 Å². The Labute approximate surface area is 166 Å². The zero-order valence-corrected chi connectivity index (χ0v) is 16.5. The van der Waals surface area contributed by atoms with E-state index in [0.29, 0.717) is 17.9 Å². The first kappa shape index (κ1) is 18.5. The van der Waals surface area contributed by atoms with Gasteiger partial charge < -0.3 is 9.47 Å². The molecule has 0 fully saturated rings. The van der Waals surface area contributed by atoms with Gasteiger partial charge in [-0.25, -0.2) is 5.01 Å². The summed E-state index contributed by atoms with van der Waals surface area (Å²) in [7, 11) is 0. The quantitative estimate of drug-likeness (QED) is 0.742. The van der Waals surface area contributed by atoms with Gasteiger partial charge in [0.25, 0.3) is 0 Å². The molecule has 0 bridgehead atoms. The summed E-state index contributed by atoms with van der Waals surface area (Å²) in [6, 6.07) is 14.1. The van der Waals surface area contributed by atoms with Gasteiger partial charge in [-0.05, 0) is 30.5 Å². The van der Waals surface area contributed by atoms with Crippen LogP contribution in [0.25, 0.3) is 0 Å². The molecule has 2 aliphatic heterocycles. The van der Waals surface area contributed by atoms with Gasteiger partial charge in [0.2, 0.25) is 12.7 Å². The third-order valence-corrected chi connectivity index (χ3v) is 5.30. The number of fused-ring (bicyclic) bond motifs is 2. The smallest absolute Gasteiger partial charge is 0.247 e. The Morgan fingerprint density at radius 2 is 1.71 bits per heavy atom. The van der Waals surface area contributed by atoms with Gasteiger partial charge in [0.15, 0.2) is 11.5 Å². The Bertz CT molecular complexity index is 886. The van der Waals surface area contributed by atoms with Gasteiger partial charge in [-0.3, -0.25) is 4.79 Å². The van der Waals surface area contributed by atoms with E-state index in [0.717, 1.165) is 48.1 Å². The molecule has 146 valence electrons. The second-order valence-corrected chi connectivity index (χ2v) is 7.32. The lowest BCUT2D eigenvalue weighted by Crippen LogP contribution is -2.37. The maximum absolute atomic E-state index is 13.2. The molecule has 2 aliphatic rings. The minimum atomic E-state index is 0.0398. The van der Waals surface area contributed by atoms with Crippen LogP contribution >= 0.6 is 0 Å². The van der Waals surface area contributed by atoms with Crippen molar-refractivity contribution in [1.29, 1.82) is 0 Å². The highest BCUT2D eigenvalue weighted by molar-refractivity contribution is 6.15. The number of benzene rings is 2. The number of hydrogen-bond donors (Lipinski definition) is 0. The van der Waals surface area contributed by atoms with Gasteiger partial charge in [-0.1, -0.05) is 57.0 Å². The summed E-state index contributed by atoms with van der Waals surface area (Å²) in [5.74, 6) is 1.45.